The number of halogens is 2. The van der Waals surface area contributed by atoms with Crippen LogP contribution >= 0.6 is 34.5 Å². The Bertz CT molecular complexity index is 565. The Kier molecular flexibility index (Phi) is 4.29. The van der Waals surface area contributed by atoms with Gasteiger partial charge in [-0.3, -0.25) is 0 Å². The minimum absolute atomic E-state index is 0.0344. The minimum atomic E-state index is 0.0344. The maximum Gasteiger partial charge on any atom is 0.0614 e. The van der Waals surface area contributed by atoms with Crippen LogP contribution in [-0.4, -0.2) is 6.54 Å². The van der Waals surface area contributed by atoms with Crippen molar-refractivity contribution in [3.05, 3.63) is 44.6 Å². The lowest BCUT2D eigenvalue weighted by molar-refractivity contribution is 0.569. The van der Waals surface area contributed by atoms with Crippen LogP contribution < -0.4 is 11.1 Å². The number of nitrogens with two attached hydrogens (primary N) is 1. The Morgan fingerprint density at radius 2 is 1.95 bits per heavy atom. The van der Waals surface area contributed by atoms with Gasteiger partial charge in [0.25, 0.3) is 0 Å². The number of anilines is 2. The number of thiophene rings is 1. The first-order valence-electron chi connectivity index (χ1n) is 5.92. The molecule has 5 heteroatoms. The molecule has 2 rings (SSSR count). The summed E-state index contributed by atoms with van der Waals surface area (Å²) >= 11 is 13.7. The molecule has 0 unspecified atom stereocenters. The zero-order valence-electron chi connectivity index (χ0n) is 10.8. The number of nitrogens with one attached hydrogen (secondary N) is 1. The Hall–Kier alpha value is -0.900. The number of hydrogen-bond donors (Lipinski definition) is 2. The molecule has 0 aliphatic rings. The van der Waals surface area contributed by atoms with Crippen LogP contribution in [0.4, 0.5) is 11.4 Å². The van der Waals surface area contributed by atoms with Crippen molar-refractivity contribution >= 4 is 45.9 Å². The summed E-state index contributed by atoms with van der Waals surface area (Å²) < 4.78 is 0. The summed E-state index contributed by atoms with van der Waals surface area (Å²) in [5.41, 5.74) is 7.40. The molecule has 3 N–H and O–H groups in total. The molecule has 2 nitrogen and oxygen atoms in total. The first-order chi connectivity index (χ1) is 8.90. The van der Waals surface area contributed by atoms with Gasteiger partial charge in [0.15, 0.2) is 0 Å². The fourth-order valence-electron chi connectivity index (χ4n) is 1.78. The number of hydrogen-bond acceptors (Lipinski definition) is 3. The van der Waals surface area contributed by atoms with Gasteiger partial charge in [0.2, 0.25) is 0 Å². The fraction of sp³-hybridized carbons (Fsp3) is 0.286. The Morgan fingerprint density at radius 1 is 1.26 bits per heavy atom. The van der Waals surface area contributed by atoms with Crippen molar-refractivity contribution in [2.24, 2.45) is 0 Å². The molecule has 19 heavy (non-hydrogen) atoms. The second-order valence-electron chi connectivity index (χ2n) is 5.07. The van der Waals surface area contributed by atoms with Crippen LogP contribution in [0.25, 0.3) is 0 Å². The smallest absolute Gasteiger partial charge is 0.0614 e. The second kappa shape index (κ2) is 5.61. The van der Waals surface area contributed by atoms with Crippen LogP contribution in [0.1, 0.15) is 18.7 Å². The summed E-state index contributed by atoms with van der Waals surface area (Å²) in [4.78, 5) is 1.33. The molecule has 0 spiro atoms. The molecule has 0 amide bonds. The lowest BCUT2D eigenvalue weighted by Crippen LogP contribution is -2.26. The zero-order valence-corrected chi connectivity index (χ0v) is 13.2. The average Bonchev–Trinajstić information content (AvgIpc) is 2.86. The quantitative estimate of drug-likeness (QED) is 0.777. The third-order valence-electron chi connectivity index (χ3n) is 3.00. The summed E-state index contributed by atoms with van der Waals surface area (Å²) in [5.74, 6) is 0. The molecule has 0 aliphatic heterocycles. The van der Waals surface area contributed by atoms with Gasteiger partial charge in [-0.1, -0.05) is 43.1 Å². The summed E-state index contributed by atoms with van der Waals surface area (Å²) in [5, 5.41) is 6.42. The Morgan fingerprint density at radius 3 is 2.58 bits per heavy atom. The lowest BCUT2D eigenvalue weighted by Gasteiger charge is -2.25. The summed E-state index contributed by atoms with van der Waals surface area (Å²) in [7, 11) is 0. The molecule has 0 fully saturated rings. The molecule has 0 aliphatic carbocycles. The van der Waals surface area contributed by atoms with E-state index in [1.165, 1.54) is 4.88 Å². The molecule has 0 saturated heterocycles. The van der Waals surface area contributed by atoms with Gasteiger partial charge in [-0.25, -0.2) is 0 Å². The van der Waals surface area contributed by atoms with Gasteiger partial charge in [0.05, 0.1) is 21.4 Å². The standard InChI is InChI=1S/C14H16Cl2N2S/c1-14(2,13-4-3-5-19-13)8-18-12-7-10(16)9(15)6-11(12)17/h3-7,18H,8,17H2,1-2H3. The molecule has 0 radical (unpaired) electrons. The van der Waals surface area contributed by atoms with Crippen molar-refractivity contribution in [3.63, 3.8) is 0 Å². The van der Waals surface area contributed by atoms with E-state index >= 15 is 0 Å². The number of rotatable bonds is 4. The molecule has 1 aromatic carbocycles. The SMILES string of the molecule is CC(C)(CNc1cc(Cl)c(Cl)cc1N)c1cccs1. The third-order valence-corrected chi connectivity index (χ3v) is 4.96. The normalized spacial score (nSPS) is 11.6. The van der Waals surface area contributed by atoms with Crippen molar-refractivity contribution in [2.75, 3.05) is 17.6 Å². The second-order valence-corrected chi connectivity index (χ2v) is 6.83. The highest BCUT2D eigenvalue weighted by molar-refractivity contribution is 7.10. The molecular formula is C14H16Cl2N2S. The van der Waals surface area contributed by atoms with E-state index in [0.29, 0.717) is 15.7 Å². The van der Waals surface area contributed by atoms with Gasteiger partial charge in [-0.05, 0) is 23.6 Å². The van der Waals surface area contributed by atoms with Crippen LogP contribution in [-0.2, 0) is 5.41 Å². The molecule has 0 atom stereocenters. The van der Waals surface area contributed by atoms with Crippen LogP contribution in [0.2, 0.25) is 10.0 Å². The van der Waals surface area contributed by atoms with Crippen molar-refractivity contribution in [2.45, 2.75) is 19.3 Å². The van der Waals surface area contributed by atoms with Gasteiger partial charge in [-0.15, -0.1) is 11.3 Å². The van der Waals surface area contributed by atoms with Gasteiger partial charge in [0.1, 0.15) is 0 Å². The highest BCUT2D eigenvalue weighted by Gasteiger charge is 2.21. The zero-order chi connectivity index (χ0) is 14.0. The number of benzene rings is 1. The molecule has 1 aromatic heterocycles. The van der Waals surface area contributed by atoms with Crippen molar-refractivity contribution in [3.8, 4) is 0 Å². The van der Waals surface area contributed by atoms with Gasteiger partial charge in [0, 0.05) is 16.8 Å². The topological polar surface area (TPSA) is 38.0 Å². The summed E-state index contributed by atoms with van der Waals surface area (Å²) in [6.07, 6.45) is 0. The highest BCUT2D eigenvalue weighted by Crippen LogP contribution is 2.33. The maximum atomic E-state index is 6.01. The van der Waals surface area contributed by atoms with Crippen LogP contribution in [0, 0.1) is 0 Å². The van der Waals surface area contributed by atoms with E-state index in [9.17, 15) is 0 Å². The maximum absolute atomic E-state index is 6.01. The summed E-state index contributed by atoms with van der Waals surface area (Å²) in [6, 6.07) is 7.65. The predicted octanol–water partition coefficient (Wildman–Crippen LogP) is 5.03. The average molecular weight is 315 g/mol. The van der Waals surface area contributed by atoms with E-state index in [1.54, 1.807) is 23.5 Å². The first kappa shape index (κ1) is 14.5. The van der Waals surface area contributed by atoms with E-state index in [2.05, 4.69) is 36.7 Å². The minimum Gasteiger partial charge on any atom is -0.397 e. The van der Waals surface area contributed by atoms with Crippen molar-refractivity contribution in [1.82, 2.24) is 0 Å². The summed E-state index contributed by atoms with van der Waals surface area (Å²) in [6.45, 7) is 5.16. The first-order valence-corrected chi connectivity index (χ1v) is 7.56. The predicted molar refractivity (Wildman–Crippen MR) is 86.7 cm³/mol. The van der Waals surface area contributed by atoms with Crippen molar-refractivity contribution in [1.29, 1.82) is 0 Å². The van der Waals surface area contributed by atoms with Gasteiger partial charge in [-0.2, -0.15) is 0 Å². The fourth-order valence-corrected chi connectivity index (χ4v) is 2.97. The monoisotopic (exact) mass is 314 g/mol. The molecule has 0 bridgehead atoms. The molecular weight excluding hydrogens is 299 g/mol. The Balaban J connectivity index is 2.13. The van der Waals surface area contributed by atoms with E-state index in [4.69, 9.17) is 28.9 Å². The highest BCUT2D eigenvalue weighted by atomic mass is 35.5. The van der Waals surface area contributed by atoms with Crippen molar-refractivity contribution < 1.29 is 0 Å². The van der Waals surface area contributed by atoms with Crippen LogP contribution in [0.5, 0.6) is 0 Å². The van der Waals surface area contributed by atoms with E-state index in [1.807, 2.05) is 0 Å². The molecule has 102 valence electrons. The van der Waals surface area contributed by atoms with E-state index in [-0.39, 0.29) is 5.41 Å². The molecule has 0 saturated carbocycles. The van der Waals surface area contributed by atoms with Crippen LogP contribution in [0.15, 0.2) is 29.6 Å². The van der Waals surface area contributed by atoms with E-state index in [0.717, 1.165) is 12.2 Å². The third kappa shape index (κ3) is 3.35. The van der Waals surface area contributed by atoms with Gasteiger partial charge < -0.3 is 11.1 Å². The molecule has 2 aromatic rings. The molecule has 1 heterocycles. The van der Waals surface area contributed by atoms with E-state index < -0.39 is 0 Å². The number of nitrogen functional groups attached to an aromatic ring is 1. The Labute approximate surface area is 127 Å². The largest absolute Gasteiger partial charge is 0.397 e. The lowest BCUT2D eigenvalue weighted by atomic mass is 9.91. The van der Waals surface area contributed by atoms with Crippen LogP contribution in [0.3, 0.4) is 0 Å². The van der Waals surface area contributed by atoms with Gasteiger partial charge >= 0.3 is 0 Å².